The normalized spacial score (nSPS) is 21.9. The fourth-order valence-corrected chi connectivity index (χ4v) is 4.24. The second-order valence-electron chi connectivity index (χ2n) is 5.39. The van der Waals surface area contributed by atoms with Crippen LogP contribution in [0, 0.1) is 12.8 Å². The van der Waals surface area contributed by atoms with Crippen molar-refractivity contribution >= 4 is 36.2 Å². The Labute approximate surface area is 132 Å². The van der Waals surface area contributed by atoms with Gasteiger partial charge in [-0.2, -0.15) is 0 Å². The second kappa shape index (κ2) is 7.84. The summed E-state index contributed by atoms with van der Waals surface area (Å²) in [6.45, 7) is 7.04. The number of halogens is 2. The number of hydrogen-bond acceptors (Lipinski definition) is 3. The van der Waals surface area contributed by atoms with Gasteiger partial charge in [-0.05, 0) is 42.7 Å². The Kier molecular flexibility index (Phi) is 7.12. The van der Waals surface area contributed by atoms with E-state index in [9.17, 15) is 0 Å². The number of piperazine rings is 1. The van der Waals surface area contributed by atoms with E-state index in [1.165, 1.54) is 37.9 Å². The monoisotopic (exact) mass is 322 g/mol. The molecule has 2 nitrogen and oxygen atoms in total. The van der Waals surface area contributed by atoms with E-state index in [0.29, 0.717) is 6.04 Å². The van der Waals surface area contributed by atoms with Crippen LogP contribution in [0.4, 0.5) is 0 Å². The lowest BCUT2D eigenvalue weighted by atomic mass is 9.78. The van der Waals surface area contributed by atoms with E-state index in [0.717, 1.165) is 19.0 Å². The number of thiophene rings is 1. The summed E-state index contributed by atoms with van der Waals surface area (Å²) in [4.78, 5) is 4.36. The highest BCUT2D eigenvalue weighted by Gasteiger charge is 2.34. The van der Waals surface area contributed by atoms with E-state index in [-0.39, 0.29) is 24.8 Å². The first-order valence-electron chi connectivity index (χ1n) is 6.85. The van der Waals surface area contributed by atoms with Gasteiger partial charge in [0.25, 0.3) is 0 Å². The Hall–Kier alpha value is 0.200. The molecule has 2 aliphatic rings. The molecule has 0 aromatic carbocycles. The van der Waals surface area contributed by atoms with Crippen molar-refractivity contribution in [2.45, 2.75) is 32.2 Å². The maximum absolute atomic E-state index is 3.47. The predicted molar refractivity (Wildman–Crippen MR) is 88.1 cm³/mol. The molecule has 1 N–H and O–H groups in total. The van der Waals surface area contributed by atoms with Crippen LogP contribution in [-0.2, 0) is 0 Å². The zero-order valence-corrected chi connectivity index (χ0v) is 13.9. The third kappa shape index (κ3) is 3.64. The summed E-state index contributed by atoms with van der Waals surface area (Å²) in [5, 5.41) is 5.73. The molecule has 1 atom stereocenters. The van der Waals surface area contributed by atoms with E-state index in [1.54, 1.807) is 4.88 Å². The van der Waals surface area contributed by atoms with Crippen molar-refractivity contribution in [3.63, 3.8) is 0 Å². The van der Waals surface area contributed by atoms with Gasteiger partial charge in [0.2, 0.25) is 0 Å². The molecule has 0 bridgehead atoms. The smallest absolute Gasteiger partial charge is 0.0473 e. The summed E-state index contributed by atoms with van der Waals surface area (Å²) in [5.74, 6) is 0.922. The highest BCUT2D eigenvalue weighted by atomic mass is 35.5. The second-order valence-corrected chi connectivity index (χ2v) is 6.34. The molecule has 0 spiro atoms. The molecule has 0 unspecified atom stereocenters. The molecule has 0 amide bonds. The predicted octanol–water partition coefficient (Wildman–Crippen LogP) is 3.65. The molecule has 1 saturated heterocycles. The van der Waals surface area contributed by atoms with E-state index in [2.05, 4.69) is 28.6 Å². The van der Waals surface area contributed by atoms with Gasteiger partial charge in [-0.25, -0.2) is 0 Å². The van der Waals surface area contributed by atoms with Crippen LogP contribution in [0.15, 0.2) is 11.4 Å². The van der Waals surface area contributed by atoms with Crippen molar-refractivity contribution < 1.29 is 0 Å². The molecule has 1 aliphatic carbocycles. The first kappa shape index (κ1) is 17.3. The maximum Gasteiger partial charge on any atom is 0.0473 e. The molecule has 110 valence electrons. The number of rotatable bonds is 3. The summed E-state index contributed by atoms with van der Waals surface area (Å²) in [7, 11) is 0. The molecule has 2 heterocycles. The number of aryl methyl sites for hydroxylation is 1. The average molecular weight is 323 g/mol. The maximum atomic E-state index is 3.47. The minimum Gasteiger partial charge on any atom is -0.314 e. The molecule has 1 aliphatic heterocycles. The van der Waals surface area contributed by atoms with Crippen molar-refractivity contribution in [1.82, 2.24) is 10.2 Å². The molecular weight excluding hydrogens is 299 g/mol. The van der Waals surface area contributed by atoms with E-state index >= 15 is 0 Å². The lowest BCUT2D eigenvalue weighted by Crippen LogP contribution is -2.47. The molecule has 5 heteroatoms. The zero-order chi connectivity index (χ0) is 11.7. The standard InChI is InChI=1S/C14H22N2S.2ClH/c1-11-5-10-17-14(11)13(12-3-2-4-12)16-8-6-15-7-9-16;;/h5,10,12-13,15H,2-4,6-9H2,1H3;2*1H/t13-;;/m0../s1. The van der Waals surface area contributed by atoms with Gasteiger partial charge in [0.15, 0.2) is 0 Å². The topological polar surface area (TPSA) is 15.3 Å². The van der Waals surface area contributed by atoms with E-state index < -0.39 is 0 Å². The third-order valence-electron chi connectivity index (χ3n) is 4.31. The highest BCUT2D eigenvalue weighted by Crippen LogP contribution is 2.44. The molecule has 0 radical (unpaired) electrons. The van der Waals surface area contributed by atoms with Crippen molar-refractivity contribution in [2.24, 2.45) is 5.92 Å². The van der Waals surface area contributed by atoms with E-state index in [4.69, 9.17) is 0 Å². The first-order chi connectivity index (χ1) is 8.36. The van der Waals surface area contributed by atoms with Crippen molar-refractivity contribution in [1.29, 1.82) is 0 Å². The molecule has 2 fully saturated rings. The van der Waals surface area contributed by atoms with Gasteiger partial charge >= 0.3 is 0 Å². The Bertz CT molecular complexity index is 373. The Balaban J connectivity index is 0.000000902. The molecule has 1 aromatic heterocycles. The third-order valence-corrected chi connectivity index (χ3v) is 5.40. The summed E-state index contributed by atoms with van der Waals surface area (Å²) in [5.41, 5.74) is 1.51. The summed E-state index contributed by atoms with van der Waals surface area (Å²) in [6, 6.07) is 3.00. The molecule has 1 aromatic rings. The summed E-state index contributed by atoms with van der Waals surface area (Å²) in [6.07, 6.45) is 4.32. The summed E-state index contributed by atoms with van der Waals surface area (Å²) < 4.78 is 0. The quantitative estimate of drug-likeness (QED) is 0.913. The number of hydrogen-bond donors (Lipinski definition) is 1. The van der Waals surface area contributed by atoms with Gasteiger partial charge in [-0.15, -0.1) is 36.2 Å². The minimum absolute atomic E-state index is 0. The molecule has 3 rings (SSSR count). The van der Waals surface area contributed by atoms with Crippen LogP contribution in [0.2, 0.25) is 0 Å². The van der Waals surface area contributed by atoms with Gasteiger partial charge in [0.1, 0.15) is 0 Å². The average Bonchev–Trinajstić information content (AvgIpc) is 2.71. The van der Waals surface area contributed by atoms with Crippen molar-refractivity contribution in [2.75, 3.05) is 26.2 Å². The Morgan fingerprint density at radius 1 is 1.26 bits per heavy atom. The fourth-order valence-electron chi connectivity index (χ4n) is 3.08. The van der Waals surface area contributed by atoms with Crippen LogP contribution >= 0.6 is 36.2 Å². The Morgan fingerprint density at radius 3 is 2.42 bits per heavy atom. The molecule has 1 saturated carbocycles. The van der Waals surface area contributed by atoms with Crippen LogP contribution in [0.5, 0.6) is 0 Å². The largest absolute Gasteiger partial charge is 0.314 e. The van der Waals surface area contributed by atoms with Crippen LogP contribution in [-0.4, -0.2) is 31.1 Å². The fraction of sp³-hybridized carbons (Fsp3) is 0.714. The van der Waals surface area contributed by atoms with Gasteiger partial charge in [0, 0.05) is 37.1 Å². The zero-order valence-electron chi connectivity index (χ0n) is 11.4. The van der Waals surface area contributed by atoms with Crippen molar-refractivity contribution in [3.8, 4) is 0 Å². The van der Waals surface area contributed by atoms with Crippen LogP contribution in [0.25, 0.3) is 0 Å². The number of nitrogens with one attached hydrogen (secondary N) is 1. The van der Waals surface area contributed by atoms with E-state index in [1.807, 2.05) is 11.3 Å². The van der Waals surface area contributed by atoms with Gasteiger partial charge in [0.05, 0.1) is 0 Å². The SMILES string of the molecule is Cc1ccsc1[C@H](C1CCC1)N1CCNCC1.Cl.Cl. The first-order valence-corrected chi connectivity index (χ1v) is 7.73. The van der Waals surface area contributed by atoms with Gasteiger partial charge < -0.3 is 5.32 Å². The van der Waals surface area contributed by atoms with Crippen LogP contribution < -0.4 is 5.32 Å². The highest BCUT2D eigenvalue weighted by molar-refractivity contribution is 7.10. The summed E-state index contributed by atoms with van der Waals surface area (Å²) >= 11 is 1.97. The molecular formula is C14H24Cl2N2S. The number of nitrogens with zero attached hydrogens (tertiary/aromatic N) is 1. The molecule has 19 heavy (non-hydrogen) atoms. The van der Waals surface area contributed by atoms with Crippen LogP contribution in [0.3, 0.4) is 0 Å². The minimum atomic E-state index is 0. The van der Waals surface area contributed by atoms with Crippen molar-refractivity contribution in [3.05, 3.63) is 21.9 Å². The lowest BCUT2D eigenvalue weighted by molar-refractivity contribution is 0.0857. The Morgan fingerprint density at radius 2 is 1.95 bits per heavy atom. The lowest BCUT2D eigenvalue weighted by Gasteiger charge is -2.43. The van der Waals surface area contributed by atoms with Gasteiger partial charge in [-0.1, -0.05) is 6.42 Å². The van der Waals surface area contributed by atoms with Gasteiger partial charge in [-0.3, -0.25) is 4.90 Å². The van der Waals surface area contributed by atoms with Crippen LogP contribution in [0.1, 0.15) is 35.7 Å².